The minimum Gasteiger partial charge on any atom is -0.387 e. The fourth-order valence-electron chi connectivity index (χ4n) is 2.54. The van der Waals surface area contributed by atoms with Gasteiger partial charge in [-0.2, -0.15) is 0 Å². The molecule has 20 heavy (non-hydrogen) atoms. The van der Waals surface area contributed by atoms with E-state index in [1.807, 2.05) is 6.92 Å². The molecule has 0 bridgehead atoms. The molecule has 2 aromatic rings. The zero-order valence-corrected chi connectivity index (χ0v) is 11.3. The third kappa shape index (κ3) is 2.57. The molecule has 0 fully saturated rings. The van der Waals surface area contributed by atoms with E-state index in [0.29, 0.717) is 13.1 Å². The number of hydrogen-bond donors (Lipinski definition) is 1. The van der Waals surface area contributed by atoms with Gasteiger partial charge in [0.1, 0.15) is 17.5 Å². The Morgan fingerprint density at radius 3 is 2.75 bits per heavy atom. The second-order valence-electron chi connectivity index (χ2n) is 5.12. The molecule has 5 nitrogen and oxygen atoms in total. The minimum absolute atomic E-state index is 0.289. The summed E-state index contributed by atoms with van der Waals surface area (Å²) in [6.07, 6.45) is -0.619. The van der Waals surface area contributed by atoms with Gasteiger partial charge in [-0.25, -0.2) is 4.39 Å². The molecule has 6 heteroatoms. The van der Waals surface area contributed by atoms with Crippen molar-refractivity contribution >= 4 is 0 Å². The number of fused-ring (bicyclic) bond motifs is 1. The zero-order valence-electron chi connectivity index (χ0n) is 11.3. The largest absolute Gasteiger partial charge is 0.387 e. The second-order valence-corrected chi connectivity index (χ2v) is 5.12. The molecular formula is C14H17FN4O. The van der Waals surface area contributed by atoms with Crippen molar-refractivity contribution in [1.29, 1.82) is 0 Å². The molecule has 1 aliphatic heterocycles. The molecule has 2 heterocycles. The summed E-state index contributed by atoms with van der Waals surface area (Å²) in [5, 5.41) is 18.4. The van der Waals surface area contributed by atoms with E-state index >= 15 is 0 Å². The van der Waals surface area contributed by atoms with Crippen molar-refractivity contribution in [3.05, 3.63) is 47.3 Å². The van der Waals surface area contributed by atoms with E-state index in [2.05, 4.69) is 19.7 Å². The lowest BCUT2D eigenvalue weighted by Crippen LogP contribution is -2.36. The van der Waals surface area contributed by atoms with Crippen LogP contribution < -0.4 is 0 Å². The SMILES string of the molecule is Cc1nnc2n1CCN(C[C@@H](O)c1ccc(F)cc1)C2. The summed E-state index contributed by atoms with van der Waals surface area (Å²) in [5.41, 5.74) is 0.731. The van der Waals surface area contributed by atoms with Crippen LogP contribution in [0.3, 0.4) is 0 Å². The molecule has 1 aromatic carbocycles. The Kier molecular flexibility index (Phi) is 3.50. The number of aromatic nitrogens is 3. The predicted molar refractivity (Wildman–Crippen MR) is 71.4 cm³/mol. The number of nitrogens with zero attached hydrogens (tertiary/aromatic N) is 4. The zero-order chi connectivity index (χ0) is 14.1. The predicted octanol–water partition coefficient (Wildman–Crippen LogP) is 1.27. The number of β-amino-alcohol motifs (C(OH)–C–C–N with tert-alkyl or cyclic N) is 1. The van der Waals surface area contributed by atoms with Crippen LogP contribution in [0.1, 0.15) is 23.3 Å². The van der Waals surface area contributed by atoms with Gasteiger partial charge in [-0.05, 0) is 24.6 Å². The lowest BCUT2D eigenvalue weighted by atomic mass is 10.1. The molecule has 1 atom stereocenters. The first-order valence-corrected chi connectivity index (χ1v) is 6.68. The third-order valence-electron chi connectivity index (χ3n) is 3.70. The van der Waals surface area contributed by atoms with Crippen molar-refractivity contribution in [2.24, 2.45) is 0 Å². The summed E-state index contributed by atoms with van der Waals surface area (Å²) in [5.74, 6) is 1.57. The summed E-state index contributed by atoms with van der Waals surface area (Å²) in [6.45, 7) is 4.82. The summed E-state index contributed by atoms with van der Waals surface area (Å²) in [4.78, 5) is 2.14. The number of aliphatic hydroxyl groups excluding tert-OH is 1. The number of hydrogen-bond acceptors (Lipinski definition) is 4. The third-order valence-corrected chi connectivity index (χ3v) is 3.70. The van der Waals surface area contributed by atoms with Gasteiger partial charge in [-0.3, -0.25) is 4.90 Å². The molecule has 0 saturated heterocycles. The maximum atomic E-state index is 12.9. The van der Waals surface area contributed by atoms with Gasteiger partial charge in [0.15, 0.2) is 0 Å². The quantitative estimate of drug-likeness (QED) is 0.917. The van der Waals surface area contributed by atoms with Crippen molar-refractivity contribution < 1.29 is 9.50 Å². The van der Waals surface area contributed by atoms with Gasteiger partial charge in [-0.15, -0.1) is 10.2 Å². The van der Waals surface area contributed by atoms with Crippen LogP contribution in [0.2, 0.25) is 0 Å². The average Bonchev–Trinajstić information content (AvgIpc) is 2.81. The van der Waals surface area contributed by atoms with Crippen molar-refractivity contribution in [2.75, 3.05) is 13.1 Å². The highest BCUT2D eigenvalue weighted by Crippen LogP contribution is 2.18. The van der Waals surface area contributed by atoms with Crippen molar-refractivity contribution in [2.45, 2.75) is 26.1 Å². The van der Waals surface area contributed by atoms with E-state index in [4.69, 9.17) is 0 Å². The Morgan fingerprint density at radius 2 is 2.00 bits per heavy atom. The number of benzene rings is 1. The summed E-state index contributed by atoms with van der Waals surface area (Å²) < 4.78 is 15.0. The second kappa shape index (κ2) is 5.30. The van der Waals surface area contributed by atoms with Gasteiger partial charge >= 0.3 is 0 Å². The van der Waals surface area contributed by atoms with Crippen LogP contribution >= 0.6 is 0 Å². The fraction of sp³-hybridized carbons (Fsp3) is 0.429. The smallest absolute Gasteiger partial charge is 0.147 e. The van der Waals surface area contributed by atoms with E-state index < -0.39 is 6.10 Å². The van der Waals surface area contributed by atoms with Gasteiger partial charge in [0, 0.05) is 19.6 Å². The van der Waals surface area contributed by atoms with Crippen LogP contribution in [0.5, 0.6) is 0 Å². The molecule has 0 unspecified atom stereocenters. The molecule has 1 aromatic heterocycles. The van der Waals surface area contributed by atoms with Gasteiger partial charge in [0.25, 0.3) is 0 Å². The lowest BCUT2D eigenvalue weighted by molar-refractivity contribution is 0.0959. The van der Waals surface area contributed by atoms with Gasteiger partial charge in [0.2, 0.25) is 0 Å². The van der Waals surface area contributed by atoms with Crippen LogP contribution in [0.15, 0.2) is 24.3 Å². The van der Waals surface area contributed by atoms with E-state index in [-0.39, 0.29) is 5.82 Å². The van der Waals surface area contributed by atoms with E-state index in [0.717, 1.165) is 30.3 Å². The van der Waals surface area contributed by atoms with Crippen LogP contribution in [0, 0.1) is 12.7 Å². The first kappa shape index (κ1) is 13.2. The number of aryl methyl sites for hydroxylation is 1. The monoisotopic (exact) mass is 276 g/mol. The van der Waals surface area contributed by atoms with Crippen LogP contribution in [-0.2, 0) is 13.1 Å². The normalized spacial score (nSPS) is 16.9. The molecule has 0 spiro atoms. The summed E-state index contributed by atoms with van der Waals surface area (Å²) >= 11 is 0. The van der Waals surface area contributed by atoms with E-state index in [1.54, 1.807) is 12.1 Å². The van der Waals surface area contributed by atoms with Gasteiger partial charge in [0.05, 0.1) is 12.6 Å². The van der Waals surface area contributed by atoms with E-state index in [1.165, 1.54) is 12.1 Å². The summed E-state index contributed by atoms with van der Waals surface area (Å²) in [6, 6.07) is 5.98. The minimum atomic E-state index is -0.619. The van der Waals surface area contributed by atoms with Gasteiger partial charge in [-0.1, -0.05) is 12.1 Å². The molecule has 106 valence electrons. The molecular weight excluding hydrogens is 259 g/mol. The van der Waals surface area contributed by atoms with Crippen molar-refractivity contribution in [3.8, 4) is 0 Å². The highest BCUT2D eigenvalue weighted by atomic mass is 19.1. The molecule has 0 radical (unpaired) electrons. The van der Waals surface area contributed by atoms with Crippen molar-refractivity contribution in [1.82, 2.24) is 19.7 Å². The first-order chi connectivity index (χ1) is 9.63. The van der Waals surface area contributed by atoms with E-state index in [9.17, 15) is 9.50 Å². The Hall–Kier alpha value is -1.79. The topological polar surface area (TPSA) is 54.2 Å². The molecule has 3 rings (SSSR count). The fourth-order valence-corrected chi connectivity index (χ4v) is 2.54. The number of aliphatic hydroxyl groups is 1. The van der Waals surface area contributed by atoms with Gasteiger partial charge < -0.3 is 9.67 Å². The number of rotatable bonds is 3. The Balaban J connectivity index is 1.66. The average molecular weight is 276 g/mol. The van der Waals surface area contributed by atoms with Crippen molar-refractivity contribution in [3.63, 3.8) is 0 Å². The molecule has 0 aliphatic carbocycles. The summed E-state index contributed by atoms with van der Waals surface area (Å²) in [7, 11) is 0. The van der Waals surface area contributed by atoms with Crippen LogP contribution in [0.4, 0.5) is 4.39 Å². The highest BCUT2D eigenvalue weighted by Gasteiger charge is 2.21. The maximum absolute atomic E-state index is 12.9. The molecule has 1 N–H and O–H groups in total. The molecule has 0 amide bonds. The van der Waals surface area contributed by atoms with Crippen LogP contribution in [0.25, 0.3) is 0 Å². The Bertz CT molecular complexity index is 596. The molecule has 0 saturated carbocycles. The Morgan fingerprint density at radius 1 is 1.25 bits per heavy atom. The Labute approximate surface area is 116 Å². The van der Waals surface area contributed by atoms with Crippen LogP contribution in [-0.4, -0.2) is 37.9 Å². The standard InChI is InChI=1S/C14H17FN4O/c1-10-16-17-14-9-18(6-7-19(10)14)8-13(20)11-2-4-12(15)5-3-11/h2-5,13,20H,6-9H2,1H3/t13-/m1/s1. The number of halogens is 1. The first-order valence-electron chi connectivity index (χ1n) is 6.68. The lowest BCUT2D eigenvalue weighted by Gasteiger charge is -2.29. The molecule has 1 aliphatic rings. The maximum Gasteiger partial charge on any atom is 0.147 e. The highest BCUT2D eigenvalue weighted by molar-refractivity contribution is 5.18.